The van der Waals surface area contributed by atoms with Crippen LogP contribution in [-0.4, -0.2) is 41.8 Å². The minimum Gasteiger partial charge on any atom is -0.481 e. The fraction of sp³-hybridized carbons (Fsp3) is 0.533. The number of aliphatic carboxylic acids is 1. The Balaban J connectivity index is 1.78. The lowest BCUT2D eigenvalue weighted by atomic mass is 10.1. The number of nitrogens with zero attached hydrogens (tertiary/aromatic N) is 1. The van der Waals surface area contributed by atoms with E-state index in [1.54, 1.807) is 0 Å². The molecular weight excluding hydrogens is 240 g/mol. The molecule has 1 aromatic rings. The van der Waals surface area contributed by atoms with Gasteiger partial charge < -0.3 is 5.11 Å². The van der Waals surface area contributed by atoms with Crippen molar-refractivity contribution in [1.82, 2.24) is 10.2 Å². The number of hydrogen-bond donors (Lipinski definition) is 2. The molecule has 0 radical (unpaired) electrons. The van der Waals surface area contributed by atoms with Crippen LogP contribution < -0.4 is 5.32 Å². The first-order valence-corrected chi connectivity index (χ1v) is 6.87. The maximum absolute atomic E-state index is 10.5. The lowest BCUT2D eigenvalue weighted by Crippen LogP contribution is -2.35. The highest BCUT2D eigenvalue weighted by molar-refractivity contribution is 5.66. The number of carboxylic acid groups (broad SMARTS) is 1. The summed E-state index contributed by atoms with van der Waals surface area (Å²) in [6, 6.07) is 10.9. The molecule has 1 saturated heterocycles. The van der Waals surface area contributed by atoms with Gasteiger partial charge in [-0.25, -0.2) is 0 Å². The SMILES string of the molecule is CN1CC(Cc2ccccc2)NC1CCCC(=O)O. The van der Waals surface area contributed by atoms with Crippen molar-refractivity contribution in [1.29, 1.82) is 0 Å². The van der Waals surface area contributed by atoms with Crippen LogP contribution in [0.4, 0.5) is 0 Å². The summed E-state index contributed by atoms with van der Waals surface area (Å²) < 4.78 is 0. The molecule has 1 aliphatic heterocycles. The van der Waals surface area contributed by atoms with Crippen LogP contribution in [0.5, 0.6) is 0 Å². The molecule has 1 aliphatic rings. The number of carbonyl (C=O) groups is 1. The Morgan fingerprint density at radius 2 is 2.16 bits per heavy atom. The number of hydrogen-bond acceptors (Lipinski definition) is 3. The normalized spacial score (nSPS) is 23.6. The van der Waals surface area contributed by atoms with Crippen molar-refractivity contribution in [3.63, 3.8) is 0 Å². The number of rotatable bonds is 6. The third-order valence-corrected chi connectivity index (χ3v) is 3.66. The highest BCUT2D eigenvalue weighted by Crippen LogP contribution is 2.15. The van der Waals surface area contributed by atoms with Gasteiger partial charge in [0.1, 0.15) is 0 Å². The van der Waals surface area contributed by atoms with E-state index < -0.39 is 5.97 Å². The van der Waals surface area contributed by atoms with Gasteiger partial charge in [0.2, 0.25) is 0 Å². The molecule has 0 saturated carbocycles. The summed E-state index contributed by atoms with van der Waals surface area (Å²) in [5.41, 5.74) is 1.35. The minimum absolute atomic E-state index is 0.259. The fourth-order valence-electron chi connectivity index (χ4n) is 2.70. The Morgan fingerprint density at radius 1 is 1.42 bits per heavy atom. The van der Waals surface area contributed by atoms with Gasteiger partial charge in [-0.2, -0.15) is 0 Å². The van der Waals surface area contributed by atoms with E-state index in [9.17, 15) is 4.79 Å². The largest absolute Gasteiger partial charge is 0.481 e. The van der Waals surface area contributed by atoms with E-state index in [0.29, 0.717) is 12.2 Å². The first-order valence-electron chi connectivity index (χ1n) is 6.87. The van der Waals surface area contributed by atoms with Crippen molar-refractivity contribution in [3.05, 3.63) is 35.9 Å². The molecule has 19 heavy (non-hydrogen) atoms. The third kappa shape index (κ3) is 4.33. The fourth-order valence-corrected chi connectivity index (χ4v) is 2.70. The van der Waals surface area contributed by atoms with Crippen molar-refractivity contribution in [2.24, 2.45) is 0 Å². The monoisotopic (exact) mass is 262 g/mol. The average molecular weight is 262 g/mol. The second-order valence-corrected chi connectivity index (χ2v) is 5.29. The average Bonchev–Trinajstić information content (AvgIpc) is 2.70. The van der Waals surface area contributed by atoms with E-state index in [1.807, 2.05) is 6.07 Å². The molecule has 1 heterocycles. The van der Waals surface area contributed by atoms with Crippen LogP contribution in [0.2, 0.25) is 0 Å². The lowest BCUT2D eigenvalue weighted by Gasteiger charge is -2.18. The summed E-state index contributed by atoms with van der Waals surface area (Å²) in [4.78, 5) is 12.8. The molecule has 2 atom stereocenters. The van der Waals surface area contributed by atoms with Crippen molar-refractivity contribution in [3.8, 4) is 0 Å². The topological polar surface area (TPSA) is 52.6 Å². The third-order valence-electron chi connectivity index (χ3n) is 3.66. The van der Waals surface area contributed by atoms with Gasteiger partial charge in [-0.15, -0.1) is 0 Å². The van der Waals surface area contributed by atoms with Crippen molar-refractivity contribution in [2.75, 3.05) is 13.6 Å². The first-order chi connectivity index (χ1) is 9.15. The summed E-state index contributed by atoms with van der Waals surface area (Å²) in [6.45, 7) is 1.02. The summed E-state index contributed by atoms with van der Waals surface area (Å²) in [6.07, 6.45) is 3.23. The van der Waals surface area contributed by atoms with Gasteiger partial charge in [0.05, 0.1) is 6.17 Å². The summed E-state index contributed by atoms with van der Waals surface area (Å²) in [5, 5.41) is 12.3. The van der Waals surface area contributed by atoms with E-state index in [1.165, 1.54) is 5.56 Å². The van der Waals surface area contributed by atoms with Crippen LogP contribution in [0.15, 0.2) is 30.3 Å². The number of nitrogens with one attached hydrogen (secondary N) is 1. The highest BCUT2D eigenvalue weighted by atomic mass is 16.4. The van der Waals surface area contributed by atoms with Gasteiger partial charge in [0.15, 0.2) is 0 Å². The number of benzene rings is 1. The van der Waals surface area contributed by atoms with E-state index in [2.05, 4.69) is 41.5 Å². The molecular formula is C15H22N2O2. The van der Waals surface area contributed by atoms with Gasteiger partial charge in [-0.05, 0) is 31.9 Å². The zero-order valence-electron chi connectivity index (χ0n) is 11.4. The van der Waals surface area contributed by atoms with Crippen LogP contribution >= 0.6 is 0 Å². The highest BCUT2D eigenvalue weighted by Gasteiger charge is 2.27. The van der Waals surface area contributed by atoms with Crippen LogP contribution in [-0.2, 0) is 11.2 Å². The zero-order chi connectivity index (χ0) is 13.7. The smallest absolute Gasteiger partial charge is 0.303 e. The van der Waals surface area contributed by atoms with Crippen LogP contribution in [0.25, 0.3) is 0 Å². The van der Waals surface area contributed by atoms with Gasteiger partial charge in [0, 0.05) is 19.0 Å². The van der Waals surface area contributed by atoms with Crippen LogP contribution in [0.1, 0.15) is 24.8 Å². The molecule has 1 aromatic carbocycles. The summed E-state index contributed by atoms with van der Waals surface area (Å²) >= 11 is 0. The predicted molar refractivity (Wildman–Crippen MR) is 75.0 cm³/mol. The predicted octanol–water partition coefficient (Wildman–Crippen LogP) is 1.71. The van der Waals surface area contributed by atoms with E-state index in [0.717, 1.165) is 25.8 Å². The number of likely N-dealkylation sites (N-methyl/N-ethyl adjacent to an activating group) is 1. The van der Waals surface area contributed by atoms with Crippen molar-refractivity contribution in [2.45, 2.75) is 37.9 Å². The maximum Gasteiger partial charge on any atom is 0.303 e. The zero-order valence-corrected chi connectivity index (χ0v) is 11.4. The van der Waals surface area contributed by atoms with Crippen molar-refractivity contribution >= 4 is 5.97 Å². The Hall–Kier alpha value is -1.39. The Kier molecular flexibility index (Phi) is 4.93. The molecule has 2 N–H and O–H groups in total. The Morgan fingerprint density at radius 3 is 2.84 bits per heavy atom. The maximum atomic E-state index is 10.5. The van der Waals surface area contributed by atoms with E-state index in [-0.39, 0.29) is 6.42 Å². The molecule has 4 heteroatoms. The molecule has 0 aliphatic carbocycles. The second-order valence-electron chi connectivity index (χ2n) is 5.29. The first kappa shape index (κ1) is 14.0. The molecule has 4 nitrogen and oxygen atoms in total. The molecule has 0 spiro atoms. The van der Waals surface area contributed by atoms with Gasteiger partial charge in [-0.1, -0.05) is 30.3 Å². The quantitative estimate of drug-likeness (QED) is 0.819. The number of carboxylic acids is 1. The molecule has 0 bridgehead atoms. The standard InChI is InChI=1S/C15H22N2O2/c1-17-11-13(10-12-6-3-2-4-7-12)16-14(17)8-5-9-15(18)19/h2-4,6-7,13-14,16H,5,8-11H2,1H3,(H,18,19). The lowest BCUT2D eigenvalue weighted by molar-refractivity contribution is -0.137. The Labute approximate surface area is 114 Å². The molecule has 1 fully saturated rings. The molecule has 2 unspecified atom stereocenters. The Bertz CT molecular complexity index is 408. The van der Waals surface area contributed by atoms with Crippen LogP contribution in [0, 0.1) is 0 Å². The summed E-state index contributed by atoms with van der Waals surface area (Å²) in [5.74, 6) is -0.707. The van der Waals surface area contributed by atoms with Crippen LogP contribution in [0.3, 0.4) is 0 Å². The van der Waals surface area contributed by atoms with Crippen molar-refractivity contribution < 1.29 is 9.90 Å². The van der Waals surface area contributed by atoms with Gasteiger partial charge in [0.25, 0.3) is 0 Å². The second kappa shape index (κ2) is 6.68. The summed E-state index contributed by atoms with van der Waals surface area (Å²) in [7, 11) is 2.10. The molecule has 0 aromatic heterocycles. The van der Waals surface area contributed by atoms with E-state index in [4.69, 9.17) is 5.11 Å². The molecule has 0 amide bonds. The van der Waals surface area contributed by atoms with Gasteiger partial charge >= 0.3 is 5.97 Å². The van der Waals surface area contributed by atoms with Gasteiger partial charge in [-0.3, -0.25) is 15.0 Å². The van der Waals surface area contributed by atoms with E-state index >= 15 is 0 Å². The minimum atomic E-state index is -0.707. The molecule has 2 rings (SSSR count). The molecule has 104 valence electrons.